The van der Waals surface area contributed by atoms with Crippen molar-refractivity contribution in [2.75, 3.05) is 26.2 Å². The van der Waals surface area contributed by atoms with E-state index in [2.05, 4.69) is 171 Å². The highest BCUT2D eigenvalue weighted by Gasteiger charge is 2.56. The molecule has 8 heterocycles. The van der Waals surface area contributed by atoms with Gasteiger partial charge in [-0.15, -0.1) is 13.2 Å². The summed E-state index contributed by atoms with van der Waals surface area (Å²) in [6.45, 7) is 16.4. The predicted octanol–water partition coefficient (Wildman–Crippen LogP) is 12.5. The molecule has 0 aliphatic carbocycles. The Kier molecular flexibility index (Phi) is 12.0. The minimum absolute atomic E-state index is 0.0866. The number of ether oxygens (including phenoxy) is 2. The fourth-order valence-electron chi connectivity index (χ4n) is 13.3. The Bertz CT molecular complexity index is 2610. The molecule has 6 fully saturated rings. The van der Waals surface area contributed by atoms with E-state index in [9.17, 15) is 0 Å². The molecule has 6 nitrogen and oxygen atoms in total. The monoisotopic (exact) mass is 873 g/mol. The number of pyridine rings is 2. The SMILES string of the molecule is C=C[C@H]1C[N@+]2(Cc3cccc(C[N@@+]45CC[C@@H](C[C@@H]4[C@@H](OCc4ccccc4)c4ccnc6ccccc46)[C@@H](C=C)C5)c3)CC[C@H]1C[C@@H]2[C@@H](OCc1ccccc1)c1ccnc2ccccc12. The van der Waals surface area contributed by atoms with Crippen LogP contribution in [0.3, 0.4) is 0 Å². The van der Waals surface area contributed by atoms with Crippen molar-refractivity contribution in [1.29, 1.82) is 0 Å². The Balaban J connectivity index is 0.949. The van der Waals surface area contributed by atoms with E-state index in [1.54, 1.807) is 0 Å². The van der Waals surface area contributed by atoms with E-state index in [0.29, 0.717) is 36.9 Å². The zero-order valence-electron chi connectivity index (χ0n) is 38.3. The van der Waals surface area contributed by atoms with Crippen LogP contribution in [0, 0.1) is 23.7 Å². The Morgan fingerprint density at radius 1 is 0.515 bits per heavy atom. The Morgan fingerprint density at radius 3 is 1.39 bits per heavy atom. The first-order valence-corrected chi connectivity index (χ1v) is 24.5. The van der Waals surface area contributed by atoms with Gasteiger partial charge in [0.1, 0.15) is 37.4 Å². The molecule has 10 atom stereocenters. The first-order valence-electron chi connectivity index (χ1n) is 24.5. The molecule has 0 spiro atoms. The summed E-state index contributed by atoms with van der Waals surface area (Å²) in [4.78, 5) is 9.62. The molecule has 13 rings (SSSR count). The van der Waals surface area contributed by atoms with Crippen molar-refractivity contribution in [2.45, 2.75) is 76.3 Å². The number of fused-ring (bicyclic) bond motifs is 8. The first-order chi connectivity index (χ1) is 32.5. The highest BCUT2D eigenvalue weighted by Crippen LogP contribution is 2.51. The predicted molar refractivity (Wildman–Crippen MR) is 266 cm³/mol. The molecular weight excluding hydrogens is 809 g/mol. The fraction of sp³-hybridized carbons (Fsp3) is 0.333. The molecular formula is C60H64N4O2+2. The molecule has 6 saturated heterocycles. The number of benzene rings is 5. The Labute approximate surface area is 391 Å². The summed E-state index contributed by atoms with van der Waals surface area (Å²) >= 11 is 0. The lowest BCUT2D eigenvalue weighted by Crippen LogP contribution is -2.68. The second kappa shape index (κ2) is 18.5. The van der Waals surface area contributed by atoms with E-state index in [4.69, 9.17) is 19.4 Å². The molecule has 4 bridgehead atoms. The van der Waals surface area contributed by atoms with Crippen LogP contribution in [0.4, 0.5) is 0 Å². The van der Waals surface area contributed by atoms with Gasteiger partial charge < -0.3 is 18.4 Å². The maximum atomic E-state index is 7.27. The van der Waals surface area contributed by atoms with Crippen LogP contribution in [0.1, 0.15) is 71.3 Å². The second-order valence-corrected chi connectivity index (χ2v) is 20.2. The third kappa shape index (κ3) is 8.23. The summed E-state index contributed by atoms with van der Waals surface area (Å²) in [5, 5.41) is 2.39. The molecule has 2 aromatic heterocycles. The van der Waals surface area contributed by atoms with E-state index in [1.807, 2.05) is 12.4 Å². The number of quaternary nitrogens is 2. The number of hydrogen-bond acceptors (Lipinski definition) is 4. The zero-order valence-corrected chi connectivity index (χ0v) is 38.3. The number of nitrogens with zero attached hydrogens (tertiary/aromatic N) is 4. The highest BCUT2D eigenvalue weighted by molar-refractivity contribution is 5.83. The van der Waals surface area contributed by atoms with E-state index in [-0.39, 0.29) is 24.3 Å². The van der Waals surface area contributed by atoms with Gasteiger partial charge in [-0.05, 0) is 64.4 Å². The molecule has 7 aromatic rings. The van der Waals surface area contributed by atoms with Crippen LogP contribution in [0.25, 0.3) is 21.8 Å². The maximum absolute atomic E-state index is 7.27. The molecule has 6 heteroatoms. The van der Waals surface area contributed by atoms with Crippen LogP contribution in [-0.4, -0.2) is 57.2 Å². The van der Waals surface area contributed by atoms with Crippen molar-refractivity contribution in [1.82, 2.24) is 9.97 Å². The fourth-order valence-corrected chi connectivity index (χ4v) is 13.3. The number of para-hydroxylation sites is 2. The molecule has 6 aliphatic rings. The third-order valence-electron chi connectivity index (χ3n) is 16.6. The van der Waals surface area contributed by atoms with Gasteiger partial charge in [-0.1, -0.05) is 127 Å². The lowest BCUT2D eigenvalue weighted by molar-refractivity contribution is -0.985. The third-order valence-corrected chi connectivity index (χ3v) is 16.6. The summed E-state index contributed by atoms with van der Waals surface area (Å²) in [5.74, 6) is 2.20. The number of aromatic nitrogens is 2. The number of rotatable bonds is 16. The van der Waals surface area contributed by atoms with Crippen LogP contribution in [0.2, 0.25) is 0 Å². The molecule has 5 aromatic carbocycles. The summed E-state index contributed by atoms with van der Waals surface area (Å²) in [7, 11) is 0. The average molecular weight is 873 g/mol. The van der Waals surface area contributed by atoms with Gasteiger partial charge in [0, 0.05) is 71.8 Å². The summed E-state index contributed by atoms with van der Waals surface area (Å²) in [6, 6.07) is 53.4. The summed E-state index contributed by atoms with van der Waals surface area (Å²) < 4.78 is 16.5. The molecule has 0 amide bonds. The minimum atomic E-state index is -0.0866. The highest BCUT2D eigenvalue weighted by atomic mass is 16.5. The minimum Gasteiger partial charge on any atom is -0.363 e. The maximum Gasteiger partial charge on any atom is 0.135 e. The van der Waals surface area contributed by atoms with Gasteiger partial charge in [-0.2, -0.15) is 0 Å². The van der Waals surface area contributed by atoms with Gasteiger partial charge in [-0.3, -0.25) is 9.97 Å². The van der Waals surface area contributed by atoms with E-state index >= 15 is 0 Å². The standard InChI is InChI=1S/C60H64N4O2/c1-3-47-39-63(32-28-49(47)35-57(63)59(65-41-43-16-7-5-8-17-43)53-26-30-61-55-24-13-11-22-51(53)55)37-45-20-15-21-46(34-45)38-64-33-29-50(48(4-2)40-64)36-58(64)60(66-42-44-18-9-6-10-19-44)54-27-31-62-56-25-14-12-23-52(54)56/h3-27,30-31,34,47-50,57-60H,1-2,28-29,32-33,35-42H2/q+2/t47-,48-,49-,50-,57+,58+,59-,60-,63+,64+/m0/s1. The zero-order chi connectivity index (χ0) is 44.5. The Hall–Kier alpha value is -5.76. The molecule has 0 saturated carbocycles. The van der Waals surface area contributed by atoms with Crippen LogP contribution >= 0.6 is 0 Å². The molecule has 66 heavy (non-hydrogen) atoms. The average Bonchev–Trinajstić information content (AvgIpc) is 3.37. The van der Waals surface area contributed by atoms with Crippen LogP contribution in [-0.2, 0) is 35.8 Å². The smallest absolute Gasteiger partial charge is 0.135 e. The van der Waals surface area contributed by atoms with Gasteiger partial charge >= 0.3 is 0 Å². The van der Waals surface area contributed by atoms with Crippen LogP contribution in [0.15, 0.2) is 183 Å². The lowest BCUT2D eigenvalue weighted by Gasteiger charge is -2.59. The van der Waals surface area contributed by atoms with Crippen molar-refractivity contribution < 1.29 is 18.4 Å². The van der Waals surface area contributed by atoms with Crippen molar-refractivity contribution >= 4 is 21.8 Å². The largest absolute Gasteiger partial charge is 0.363 e. The van der Waals surface area contributed by atoms with E-state index in [0.717, 1.165) is 72.1 Å². The topological polar surface area (TPSA) is 44.2 Å². The van der Waals surface area contributed by atoms with Gasteiger partial charge in [0.15, 0.2) is 0 Å². The quantitative estimate of drug-likeness (QED) is 0.0717. The van der Waals surface area contributed by atoms with Crippen molar-refractivity contribution in [2.24, 2.45) is 23.7 Å². The number of piperidine rings is 6. The van der Waals surface area contributed by atoms with Crippen LogP contribution < -0.4 is 0 Å². The molecule has 0 radical (unpaired) electrons. The molecule has 334 valence electrons. The van der Waals surface area contributed by atoms with E-state index < -0.39 is 0 Å². The van der Waals surface area contributed by atoms with Gasteiger partial charge in [0.2, 0.25) is 0 Å². The molecule has 0 N–H and O–H groups in total. The van der Waals surface area contributed by atoms with Crippen molar-refractivity contribution in [3.8, 4) is 0 Å². The summed E-state index contributed by atoms with van der Waals surface area (Å²) in [5.41, 5.74) is 9.81. The van der Waals surface area contributed by atoms with Crippen molar-refractivity contribution in [3.63, 3.8) is 0 Å². The first kappa shape index (κ1) is 42.8. The van der Waals surface area contributed by atoms with Gasteiger partial charge in [0.25, 0.3) is 0 Å². The Morgan fingerprint density at radius 2 is 0.939 bits per heavy atom. The normalized spacial score (nSPS) is 27.7. The van der Waals surface area contributed by atoms with Gasteiger partial charge in [0.05, 0.1) is 50.4 Å². The van der Waals surface area contributed by atoms with Crippen molar-refractivity contribution in [3.05, 3.63) is 217 Å². The van der Waals surface area contributed by atoms with Crippen LogP contribution in [0.5, 0.6) is 0 Å². The van der Waals surface area contributed by atoms with Gasteiger partial charge in [-0.25, -0.2) is 0 Å². The second-order valence-electron chi connectivity index (χ2n) is 20.2. The van der Waals surface area contributed by atoms with E-state index in [1.165, 1.54) is 57.0 Å². The molecule has 6 aliphatic heterocycles. The lowest BCUT2D eigenvalue weighted by atomic mass is 9.70. The summed E-state index contributed by atoms with van der Waals surface area (Å²) in [6.07, 6.45) is 13.0. The molecule has 0 unspecified atom stereocenters. The number of hydrogen-bond donors (Lipinski definition) is 0.